The zero-order valence-corrected chi connectivity index (χ0v) is 15.4. The van der Waals surface area contributed by atoms with Gasteiger partial charge in [-0.1, -0.05) is 37.1 Å². The largest absolute Gasteiger partial charge is 0.272 e. The highest BCUT2D eigenvalue weighted by molar-refractivity contribution is 5.99. The Morgan fingerprint density at radius 2 is 1.72 bits per heavy atom. The molecule has 0 fully saturated rings. The average molecular weight is 338 g/mol. The summed E-state index contributed by atoms with van der Waals surface area (Å²) in [5.41, 5.74) is 7.12. The second-order valence-electron chi connectivity index (χ2n) is 6.42. The van der Waals surface area contributed by atoms with Crippen molar-refractivity contribution in [1.82, 2.24) is 10.4 Å². The zero-order valence-electron chi connectivity index (χ0n) is 15.4. The summed E-state index contributed by atoms with van der Waals surface area (Å²) in [5, 5.41) is 1.43. The van der Waals surface area contributed by atoms with Crippen molar-refractivity contribution in [3.63, 3.8) is 0 Å². The Labute approximate surface area is 149 Å². The number of hydrogen-bond donors (Lipinski definition) is 1. The van der Waals surface area contributed by atoms with Crippen LogP contribution in [0, 0.1) is 20.8 Å². The van der Waals surface area contributed by atoms with Crippen LogP contribution < -0.4 is 5.43 Å². The maximum atomic E-state index is 12.8. The fourth-order valence-electron chi connectivity index (χ4n) is 2.53. The van der Waals surface area contributed by atoms with Gasteiger partial charge >= 0.3 is 0 Å². The highest BCUT2D eigenvalue weighted by atomic mass is 16.2. The minimum Gasteiger partial charge on any atom is -0.267 e. The molecule has 0 saturated carbocycles. The van der Waals surface area contributed by atoms with E-state index in [2.05, 4.69) is 12.3 Å². The molecule has 2 aromatic rings. The van der Waals surface area contributed by atoms with Gasteiger partial charge in [0, 0.05) is 17.7 Å². The summed E-state index contributed by atoms with van der Waals surface area (Å²) in [4.78, 5) is 25.4. The minimum atomic E-state index is -0.264. The maximum Gasteiger partial charge on any atom is 0.272 e. The van der Waals surface area contributed by atoms with Crippen LogP contribution in [0.5, 0.6) is 0 Å². The first-order valence-corrected chi connectivity index (χ1v) is 8.69. The molecule has 0 bridgehead atoms. The fourth-order valence-corrected chi connectivity index (χ4v) is 2.53. The molecule has 0 aliphatic rings. The van der Waals surface area contributed by atoms with E-state index in [0.29, 0.717) is 17.7 Å². The number of benzene rings is 2. The monoisotopic (exact) mass is 338 g/mol. The Kier molecular flexibility index (Phi) is 6.34. The Hall–Kier alpha value is -2.62. The molecule has 0 unspecified atom stereocenters. The van der Waals surface area contributed by atoms with E-state index in [1.165, 1.54) is 5.01 Å². The molecule has 132 valence electrons. The lowest BCUT2D eigenvalue weighted by atomic mass is 10.1. The molecule has 25 heavy (non-hydrogen) atoms. The summed E-state index contributed by atoms with van der Waals surface area (Å²) in [7, 11) is 0. The van der Waals surface area contributed by atoms with Gasteiger partial charge in [-0.3, -0.25) is 15.0 Å². The molecule has 4 nitrogen and oxygen atoms in total. The van der Waals surface area contributed by atoms with Crippen molar-refractivity contribution in [2.24, 2.45) is 0 Å². The molecule has 0 atom stereocenters. The van der Waals surface area contributed by atoms with Gasteiger partial charge in [-0.05, 0) is 62.6 Å². The third kappa shape index (κ3) is 4.92. The quantitative estimate of drug-likeness (QED) is 0.831. The average Bonchev–Trinajstić information content (AvgIpc) is 2.60. The van der Waals surface area contributed by atoms with Crippen molar-refractivity contribution in [3.8, 4) is 0 Å². The first-order valence-electron chi connectivity index (χ1n) is 8.69. The van der Waals surface area contributed by atoms with Crippen molar-refractivity contribution in [3.05, 3.63) is 70.3 Å². The Morgan fingerprint density at radius 1 is 0.960 bits per heavy atom. The highest BCUT2D eigenvalue weighted by Gasteiger charge is 2.19. The number of aryl methyl sites for hydroxylation is 3. The van der Waals surface area contributed by atoms with Crippen molar-refractivity contribution >= 4 is 11.8 Å². The molecule has 0 aromatic heterocycles. The van der Waals surface area contributed by atoms with Crippen molar-refractivity contribution < 1.29 is 9.59 Å². The molecule has 2 amide bonds. The molecular weight excluding hydrogens is 312 g/mol. The van der Waals surface area contributed by atoms with E-state index in [9.17, 15) is 9.59 Å². The normalized spacial score (nSPS) is 10.4. The van der Waals surface area contributed by atoms with Gasteiger partial charge in [-0.2, -0.15) is 0 Å². The second-order valence-corrected chi connectivity index (χ2v) is 6.42. The SMILES string of the molecule is CCCCN(NC(=O)c1ccc(C)c(C)c1)C(=O)c1cccc(C)c1. The Morgan fingerprint density at radius 3 is 2.36 bits per heavy atom. The van der Waals surface area contributed by atoms with E-state index < -0.39 is 0 Å². The number of hydrogen-bond acceptors (Lipinski definition) is 2. The predicted octanol–water partition coefficient (Wildman–Crippen LogP) is 4.20. The van der Waals surface area contributed by atoms with Crippen LogP contribution in [-0.4, -0.2) is 23.4 Å². The number of nitrogens with zero attached hydrogens (tertiary/aromatic N) is 1. The van der Waals surface area contributed by atoms with Crippen molar-refractivity contribution in [2.45, 2.75) is 40.5 Å². The van der Waals surface area contributed by atoms with Crippen LogP contribution in [-0.2, 0) is 0 Å². The second kappa shape index (κ2) is 8.47. The van der Waals surface area contributed by atoms with E-state index in [1.54, 1.807) is 12.1 Å². The lowest BCUT2D eigenvalue weighted by Gasteiger charge is -2.23. The molecule has 1 N–H and O–H groups in total. The summed E-state index contributed by atoms with van der Waals surface area (Å²) in [6, 6.07) is 13.0. The Balaban J connectivity index is 2.20. The van der Waals surface area contributed by atoms with Crippen molar-refractivity contribution in [1.29, 1.82) is 0 Å². The third-order valence-electron chi connectivity index (χ3n) is 4.25. The smallest absolute Gasteiger partial charge is 0.267 e. The molecule has 4 heteroatoms. The fraction of sp³-hybridized carbons (Fsp3) is 0.333. The van der Waals surface area contributed by atoms with Gasteiger partial charge in [0.1, 0.15) is 0 Å². The van der Waals surface area contributed by atoms with Gasteiger partial charge in [0.15, 0.2) is 0 Å². The van der Waals surface area contributed by atoms with Gasteiger partial charge in [-0.15, -0.1) is 0 Å². The van der Waals surface area contributed by atoms with E-state index in [1.807, 2.05) is 51.1 Å². The number of hydrazine groups is 1. The number of unbranched alkanes of at least 4 members (excludes halogenated alkanes) is 1. The van der Waals surface area contributed by atoms with Crippen LogP contribution in [0.4, 0.5) is 0 Å². The van der Waals surface area contributed by atoms with Crippen molar-refractivity contribution in [2.75, 3.05) is 6.54 Å². The molecule has 2 aromatic carbocycles. The maximum absolute atomic E-state index is 12.8. The molecular formula is C21H26N2O2. The van der Waals surface area contributed by atoms with Gasteiger partial charge in [-0.25, -0.2) is 5.01 Å². The van der Waals surface area contributed by atoms with Crippen LogP contribution >= 0.6 is 0 Å². The number of nitrogens with one attached hydrogen (secondary N) is 1. The van der Waals surface area contributed by atoms with Gasteiger partial charge in [0.05, 0.1) is 0 Å². The van der Waals surface area contributed by atoms with E-state index in [4.69, 9.17) is 0 Å². The molecule has 0 aliphatic heterocycles. The van der Waals surface area contributed by atoms with Crippen LogP contribution in [0.25, 0.3) is 0 Å². The standard InChI is InChI=1S/C21H26N2O2/c1-5-6-12-23(21(25)19-9-7-8-15(2)13-19)22-20(24)18-11-10-16(3)17(4)14-18/h7-11,13-14H,5-6,12H2,1-4H3,(H,22,24). The van der Waals surface area contributed by atoms with Crippen LogP contribution in [0.2, 0.25) is 0 Å². The number of carbonyl (C=O) groups is 2. The minimum absolute atomic E-state index is 0.186. The number of carbonyl (C=O) groups excluding carboxylic acids is 2. The van der Waals surface area contributed by atoms with Gasteiger partial charge in [0.25, 0.3) is 11.8 Å². The summed E-state index contributed by atoms with van der Waals surface area (Å²) >= 11 is 0. The number of amides is 2. The summed E-state index contributed by atoms with van der Waals surface area (Å²) < 4.78 is 0. The van der Waals surface area contributed by atoms with Gasteiger partial charge in [0.2, 0.25) is 0 Å². The number of rotatable bonds is 5. The molecule has 0 radical (unpaired) electrons. The summed E-state index contributed by atoms with van der Waals surface area (Å²) in [6.45, 7) is 8.46. The molecule has 0 aliphatic carbocycles. The topological polar surface area (TPSA) is 49.4 Å². The third-order valence-corrected chi connectivity index (χ3v) is 4.25. The summed E-state index contributed by atoms with van der Waals surface area (Å²) in [5.74, 6) is -0.450. The zero-order chi connectivity index (χ0) is 18.4. The van der Waals surface area contributed by atoms with E-state index >= 15 is 0 Å². The lowest BCUT2D eigenvalue weighted by Crippen LogP contribution is -2.46. The van der Waals surface area contributed by atoms with Crippen LogP contribution in [0.3, 0.4) is 0 Å². The first-order chi connectivity index (χ1) is 11.9. The predicted molar refractivity (Wildman–Crippen MR) is 101 cm³/mol. The highest BCUT2D eigenvalue weighted by Crippen LogP contribution is 2.11. The summed E-state index contributed by atoms with van der Waals surface area (Å²) in [6.07, 6.45) is 1.77. The molecule has 0 spiro atoms. The molecule has 0 heterocycles. The first kappa shape index (κ1) is 18.7. The van der Waals surface area contributed by atoms with Gasteiger partial charge < -0.3 is 0 Å². The van der Waals surface area contributed by atoms with Crippen LogP contribution in [0.15, 0.2) is 42.5 Å². The van der Waals surface area contributed by atoms with Crippen LogP contribution in [0.1, 0.15) is 57.2 Å². The van der Waals surface area contributed by atoms with E-state index in [0.717, 1.165) is 29.5 Å². The van der Waals surface area contributed by atoms with E-state index in [-0.39, 0.29) is 11.8 Å². The molecule has 0 saturated heterocycles. The molecule has 2 rings (SSSR count). The Bertz CT molecular complexity index is 768. The lowest BCUT2D eigenvalue weighted by molar-refractivity contribution is 0.0580.